The molecule has 0 radical (unpaired) electrons. The molecular formula is C13H26. The molecule has 0 aromatic heterocycles. The molecular weight excluding hydrogens is 156 g/mol. The molecule has 0 bridgehead atoms. The molecule has 0 spiro atoms. The Kier molecular flexibility index (Phi) is 4.74. The van der Waals surface area contributed by atoms with Crippen LogP contribution in [0.4, 0.5) is 0 Å². The van der Waals surface area contributed by atoms with Crippen molar-refractivity contribution in [3.63, 3.8) is 0 Å². The quantitative estimate of drug-likeness (QED) is 0.550. The van der Waals surface area contributed by atoms with Crippen LogP contribution in [0.2, 0.25) is 0 Å². The van der Waals surface area contributed by atoms with Crippen LogP contribution in [0.3, 0.4) is 0 Å². The van der Waals surface area contributed by atoms with Crippen molar-refractivity contribution in [3.8, 4) is 0 Å². The van der Waals surface area contributed by atoms with Crippen LogP contribution >= 0.6 is 0 Å². The zero-order valence-electron chi connectivity index (χ0n) is 10.3. The highest BCUT2D eigenvalue weighted by molar-refractivity contribution is 4.86. The predicted octanol–water partition coefficient (Wildman–Crippen LogP) is 4.81. The van der Waals surface area contributed by atoms with Gasteiger partial charge in [0.1, 0.15) is 0 Å². The molecule has 0 aliphatic rings. The third-order valence-electron chi connectivity index (χ3n) is 1.96. The summed E-state index contributed by atoms with van der Waals surface area (Å²) in [4.78, 5) is 0. The fourth-order valence-corrected chi connectivity index (χ4v) is 1.07. The number of hydrogen-bond acceptors (Lipinski definition) is 0. The van der Waals surface area contributed by atoms with Crippen molar-refractivity contribution in [2.75, 3.05) is 0 Å². The van der Waals surface area contributed by atoms with Gasteiger partial charge in [0.15, 0.2) is 0 Å². The zero-order chi connectivity index (χ0) is 10.5. The minimum atomic E-state index is 0.443. The molecule has 0 fully saturated rings. The summed E-state index contributed by atoms with van der Waals surface area (Å²) in [6.07, 6.45) is 8.35. The van der Waals surface area contributed by atoms with Gasteiger partial charge in [0.05, 0.1) is 0 Å². The summed E-state index contributed by atoms with van der Waals surface area (Å²) < 4.78 is 0. The average Bonchev–Trinajstić information content (AvgIpc) is 1.81. The largest absolute Gasteiger partial charge is 0.0885 e. The molecule has 0 heterocycles. The maximum atomic E-state index is 2.33. The van der Waals surface area contributed by atoms with E-state index < -0.39 is 0 Å². The van der Waals surface area contributed by atoms with Gasteiger partial charge in [-0.1, -0.05) is 53.7 Å². The van der Waals surface area contributed by atoms with Crippen LogP contribution in [-0.4, -0.2) is 0 Å². The lowest BCUT2D eigenvalue weighted by Gasteiger charge is -2.17. The maximum absolute atomic E-state index is 2.33. The van der Waals surface area contributed by atoms with E-state index in [4.69, 9.17) is 0 Å². The lowest BCUT2D eigenvalue weighted by atomic mass is 9.89. The molecule has 0 aromatic carbocycles. The minimum absolute atomic E-state index is 0.443. The van der Waals surface area contributed by atoms with Crippen molar-refractivity contribution >= 4 is 0 Å². The van der Waals surface area contributed by atoms with E-state index in [-0.39, 0.29) is 0 Å². The first kappa shape index (κ1) is 12.7. The van der Waals surface area contributed by atoms with Gasteiger partial charge in [0.2, 0.25) is 0 Å². The second kappa shape index (κ2) is 4.83. The first-order chi connectivity index (χ1) is 5.71. The zero-order valence-corrected chi connectivity index (χ0v) is 10.3. The summed E-state index contributed by atoms with van der Waals surface area (Å²) in [5.41, 5.74) is 0.921. The first-order valence-corrected chi connectivity index (χ1v) is 5.36. The third kappa shape index (κ3) is 11.7. The molecule has 0 aliphatic heterocycles. The van der Waals surface area contributed by atoms with E-state index >= 15 is 0 Å². The Labute approximate surface area is 84.4 Å². The van der Waals surface area contributed by atoms with E-state index in [0.717, 1.165) is 0 Å². The highest BCUT2D eigenvalue weighted by atomic mass is 14.1. The van der Waals surface area contributed by atoms with E-state index in [0.29, 0.717) is 10.8 Å². The van der Waals surface area contributed by atoms with Crippen LogP contribution < -0.4 is 0 Å². The van der Waals surface area contributed by atoms with Crippen molar-refractivity contribution in [2.45, 2.75) is 60.8 Å². The monoisotopic (exact) mass is 182 g/mol. The van der Waals surface area contributed by atoms with E-state index in [9.17, 15) is 0 Å². The summed E-state index contributed by atoms with van der Waals surface area (Å²) in [6, 6.07) is 0. The van der Waals surface area contributed by atoms with E-state index in [1.165, 1.54) is 19.3 Å². The molecule has 0 saturated heterocycles. The molecule has 0 amide bonds. The number of allylic oxidation sites excluding steroid dienone is 2. The second-order valence-corrected chi connectivity index (χ2v) is 6.34. The highest BCUT2D eigenvalue weighted by Gasteiger charge is 2.08. The number of rotatable bonds is 3. The smallest absolute Gasteiger partial charge is 0.0302 e. The van der Waals surface area contributed by atoms with Gasteiger partial charge in [0.25, 0.3) is 0 Å². The summed E-state index contributed by atoms with van der Waals surface area (Å²) >= 11 is 0. The molecule has 0 unspecified atom stereocenters. The predicted molar refractivity (Wildman–Crippen MR) is 61.9 cm³/mol. The normalized spacial score (nSPS) is 14.0. The van der Waals surface area contributed by atoms with Crippen LogP contribution in [0.5, 0.6) is 0 Å². The van der Waals surface area contributed by atoms with Crippen LogP contribution in [0.15, 0.2) is 12.2 Å². The molecule has 0 aliphatic carbocycles. The summed E-state index contributed by atoms with van der Waals surface area (Å²) in [6.45, 7) is 13.7. The van der Waals surface area contributed by atoms with Crippen LogP contribution in [0.1, 0.15) is 60.8 Å². The van der Waals surface area contributed by atoms with Gasteiger partial charge >= 0.3 is 0 Å². The Balaban J connectivity index is 3.55. The minimum Gasteiger partial charge on any atom is -0.0885 e. The van der Waals surface area contributed by atoms with E-state index in [2.05, 4.69) is 53.7 Å². The summed E-state index contributed by atoms with van der Waals surface area (Å²) in [5.74, 6) is 0. The molecule has 0 saturated carbocycles. The van der Waals surface area contributed by atoms with Crippen molar-refractivity contribution in [1.82, 2.24) is 0 Å². The Morgan fingerprint density at radius 1 is 0.769 bits per heavy atom. The Hall–Kier alpha value is -0.260. The van der Waals surface area contributed by atoms with Crippen LogP contribution in [-0.2, 0) is 0 Å². The second-order valence-electron chi connectivity index (χ2n) is 6.34. The van der Waals surface area contributed by atoms with Crippen LogP contribution in [0, 0.1) is 10.8 Å². The third-order valence-corrected chi connectivity index (χ3v) is 1.96. The van der Waals surface area contributed by atoms with Gasteiger partial charge in [-0.25, -0.2) is 0 Å². The van der Waals surface area contributed by atoms with E-state index in [1.807, 2.05) is 0 Å². The van der Waals surface area contributed by atoms with Gasteiger partial charge in [-0.3, -0.25) is 0 Å². The Bertz CT molecular complexity index is 150. The summed E-state index contributed by atoms with van der Waals surface area (Å²) in [7, 11) is 0. The maximum Gasteiger partial charge on any atom is -0.0302 e. The van der Waals surface area contributed by atoms with E-state index in [1.54, 1.807) is 0 Å². The fraction of sp³-hybridized carbons (Fsp3) is 0.846. The lowest BCUT2D eigenvalue weighted by molar-refractivity contribution is 0.380. The summed E-state index contributed by atoms with van der Waals surface area (Å²) in [5, 5.41) is 0. The van der Waals surface area contributed by atoms with Gasteiger partial charge in [0, 0.05) is 0 Å². The van der Waals surface area contributed by atoms with Crippen molar-refractivity contribution < 1.29 is 0 Å². The lowest BCUT2D eigenvalue weighted by Crippen LogP contribution is -2.03. The molecule has 78 valence electrons. The number of hydrogen-bond donors (Lipinski definition) is 0. The van der Waals surface area contributed by atoms with Gasteiger partial charge in [-0.05, 0) is 30.1 Å². The molecule has 0 atom stereocenters. The average molecular weight is 182 g/mol. The molecule has 0 nitrogen and oxygen atoms in total. The standard InChI is InChI=1S/C13H26/c1-12(2,3)10-8-7-9-11-13(4,5)6/h7-8H,9-11H2,1-6H3. The molecule has 0 rings (SSSR count). The van der Waals surface area contributed by atoms with Crippen molar-refractivity contribution in [1.29, 1.82) is 0 Å². The molecule has 0 aromatic rings. The Morgan fingerprint density at radius 3 is 1.69 bits per heavy atom. The molecule has 0 heteroatoms. The fourth-order valence-electron chi connectivity index (χ4n) is 1.07. The molecule has 13 heavy (non-hydrogen) atoms. The SMILES string of the molecule is CC(C)(C)CC=CCCC(C)(C)C. The first-order valence-electron chi connectivity index (χ1n) is 5.36. The van der Waals surface area contributed by atoms with Gasteiger partial charge < -0.3 is 0 Å². The highest BCUT2D eigenvalue weighted by Crippen LogP contribution is 2.22. The van der Waals surface area contributed by atoms with Crippen LogP contribution in [0.25, 0.3) is 0 Å². The topological polar surface area (TPSA) is 0 Å². The van der Waals surface area contributed by atoms with Gasteiger partial charge in [-0.2, -0.15) is 0 Å². The van der Waals surface area contributed by atoms with Gasteiger partial charge in [-0.15, -0.1) is 0 Å². The van der Waals surface area contributed by atoms with Crippen molar-refractivity contribution in [2.24, 2.45) is 10.8 Å². The molecule has 0 N–H and O–H groups in total. The Morgan fingerprint density at radius 2 is 1.31 bits per heavy atom. The van der Waals surface area contributed by atoms with Crippen molar-refractivity contribution in [3.05, 3.63) is 12.2 Å².